The minimum absolute atomic E-state index is 0.0144. The second-order valence-electron chi connectivity index (χ2n) is 6.69. The molecule has 0 atom stereocenters. The summed E-state index contributed by atoms with van der Waals surface area (Å²) >= 11 is 1.49. The summed E-state index contributed by atoms with van der Waals surface area (Å²) in [6.07, 6.45) is 3.72. The van der Waals surface area contributed by atoms with Crippen molar-refractivity contribution in [3.05, 3.63) is 6.20 Å². The Labute approximate surface area is 129 Å². The molecule has 0 aromatic carbocycles. The minimum Gasteiger partial charge on any atom is -0.394 e. The summed E-state index contributed by atoms with van der Waals surface area (Å²) in [7, 11) is 0. The highest BCUT2D eigenvalue weighted by atomic mass is 32.2. The van der Waals surface area contributed by atoms with Crippen LogP contribution < -0.4 is 5.32 Å². The van der Waals surface area contributed by atoms with E-state index < -0.39 is 5.54 Å². The lowest BCUT2D eigenvalue weighted by atomic mass is 10.1. The number of nitrogens with one attached hydrogen (secondary N) is 1. The zero-order valence-corrected chi connectivity index (χ0v) is 14.2. The number of hydrogen-bond acceptors (Lipinski definition) is 6. The van der Waals surface area contributed by atoms with Crippen LogP contribution in [0.4, 0.5) is 5.82 Å². The average molecular weight is 309 g/mol. The Balaban J connectivity index is 2.63. The lowest BCUT2D eigenvalue weighted by Crippen LogP contribution is -2.35. The summed E-state index contributed by atoms with van der Waals surface area (Å²) in [5.74, 6) is 0.707. The van der Waals surface area contributed by atoms with E-state index in [4.69, 9.17) is 0 Å². The van der Waals surface area contributed by atoms with Gasteiger partial charge in [-0.3, -0.25) is 0 Å². The number of aliphatic hydroxyl groups is 1. The summed E-state index contributed by atoms with van der Waals surface area (Å²) in [6.45, 7) is 10.1. The van der Waals surface area contributed by atoms with Crippen molar-refractivity contribution in [1.82, 2.24) is 19.7 Å². The maximum atomic E-state index is 9.46. The second kappa shape index (κ2) is 5.46. The minimum atomic E-state index is -0.458. The van der Waals surface area contributed by atoms with E-state index in [2.05, 4.69) is 41.2 Å². The van der Waals surface area contributed by atoms with Crippen LogP contribution in [-0.4, -0.2) is 43.3 Å². The quantitative estimate of drug-likeness (QED) is 0.667. The number of hydrogen-bond donors (Lipinski definition) is 2. The molecule has 0 aliphatic carbocycles. The Hall–Kier alpha value is -1.34. The monoisotopic (exact) mass is 309 g/mol. The van der Waals surface area contributed by atoms with Crippen molar-refractivity contribution >= 4 is 28.6 Å². The molecule has 0 bridgehead atoms. The number of rotatable bonds is 4. The van der Waals surface area contributed by atoms with Gasteiger partial charge in [-0.2, -0.15) is 5.10 Å². The number of aliphatic hydroxyl groups excluding tert-OH is 1. The van der Waals surface area contributed by atoms with Gasteiger partial charge >= 0.3 is 0 Å². The number of aromatic nitrogens is 4. The number of fused-ring (bicyclic) bond motifs is 1. The van der Waals surface area contributed by atoms with E-state index in [1.165, 1.54) is 11.8 Å². The van der Waals surface area contributed by atoms with Crippen LogP contribution in [0.1, 0.15) is 34.6 Å². The van der Waals surface area contributed by atoms with Gasteiger partial charge in [-0.05, 0) is 40.9 Å². The number of anilines is 1. The van der Waals surface area contributed by atoms with Gasteiger partial charge in [0, 0.05) is 0 Å². The first-order valence-electron chi connectivity index (χ1n) is 6.87. The van der Waals surface area contributed by atoms with Crippen LogP contribution in [-0.2, 0) is 5.54 Å². The third-order valence-electron chi connectivity index (χ3n) is 3.08. The molecule has 7 heteroatoms. The Morgan fingerprint density at radius 3 is 2.43 bits per heavy atom. The van der Waals surface area contributed by atoms with Crippen LogP contribution in [0.15, 0.2) is 11.4 Å². The SMILES string of the molecule is CSc1nc(NC(C)(C)CO)c2cnn(C(C)(C)C)c2n1. The Bertz CT molecular complexity index is 645. The molecule has 2 heterocycles. The fraction of sp³-hybridized carbons (Fsp3) is 0.643. The molecule has 0 saturated carbocycles. The maximum absolute atomic E-state index is 9.46. The highest BCUT2D eigenvalue weighted by molar-refractivity contribution is 7.98. The van der Waals surface area contributed by atoms with E-state index in [9.17, 15) is 5.11 Å². The van der Waals surface area contributed by atoms with E-state index in [-0.39, 0.29) is 12.1 Å². The van der Waals surface area contributed by atoms with Gasteiger partial charge in [-0.25, -0.2) is 14.6 Å². The van der Waals surface area contributed by atoms with Crippen molar-refractivity contribution in [2.24, 2.45) is 0 Å². The normalized spacial score (nSPS) is 12.9. The molecule has 0 amide bonds. The topological polar surface area (TPSA) is 75.9 Å². The first-order valence-corrected chi connectivity index (χ1v) is 8.10. The standard InChI is InChI=1S/C14H23N5OS/c1-13(2,3)19-11-9(7-15-19)10(16-12(17-11)21-6)18-14(4,5)8-20/h7,20H,8H2,1-6H3,(H,16,17,18). The molecule has 116 valence electrons. The van der Waals surface area contributed by atoms with Crippen LogP contribution in [0.2, 0.25) is 0 Å². The van der Waals surface area contributed by atoms with E-state index in [0.717, 1.165) is 11.0 Å². The van der Waals surface area contributed by atoms with Gasteiger partial charge in [0.05, 0.1) is 29.3 Å². The fourth-order valence-electron chi connectivity index (χ4n) is 1.93. The molecule has 21 heavy (non-hydrogen) atoms. The molecule has 2 N–H and O–H groups in total. The third kappa shape index (κ3) is 3.29. The van der Waals surface area contributed by atoms with E-state index in [1.54, 1.807) is 6.20 Å². The Kier molecular flexibility index (Phi) is 4.17. The maximum Gasteiger partial charge on any atom is 0.191 e. The number of nitrogens with zero attached hydrogens (tertiary/aromatic N) is 4. The average Bonchev–Trinajstić information content (AvgIpc) is 2.82. The van der Waals surface area contributed by atoms with E-state index >= 15 is 0 Å². The molecule has 0 fully saturated rings. The molecule has 0 spiro atoms. The van der Waals surface area contributed by atoms with Gasteiger partial charge in [0.25, 0.3) is 0 Å². The largest absolute Gasteiger partial charge is 0.394 e. The van der Waals surface area contributed by atoms with Gasteiger partial charge in [0.1, 0.15) is 5.82 Å². The molecule has 2 rings (SSSR count). The third-order valence-corrected chi connectivity index (χ3v) is 3.63. The van der Waals surface area contributed by atoms with Crippen molar-refractivity contribution < 1.29 is 5.11 Å². The molecular formula is C14H23N5OS. The van der Waals surface area contributed by atoms with E-state index in [1.807, 2.05) is 24.8 Å². The molecular weight excluding hydrogens is 286 g/mol. The predicted molar refractivity (Wildman–Crippen MR) is 86.9 cm³/mol. The lowest BCUT2D eigenvalue weighted by Gasteiger charge is -2.25. The second-order valence-corrected chi connectivity index (χ2v) is 7.46. The summed E-state index contributed by atoms with van der Waals surface area (Å²) < 4.78 is 1.90. The van der Waals surface area contributed by atoms with Crippen LogP contribution in [0.5, 0.6) is 0 Å². The van der Waals surface area contributed by atoms with Crippen LogP contribution in [0.3, 0.4) is 0 Å². The first-order chi connectivity index (χ1) is 9.68. The lowest BCUT2D eigenvalue weighted by molar-refractivity contribution is 0.234. The van der Waals surface area contributed by atoms with E-state index in [0.29, 0.717) is 11.0 Å². The predicted octanol–water partition coefficient (Wildman–Crippen LogP) is 2.49. The van der Waals surface area contributed by atoms with Gasteiger partial charge in [0.2, 0.25) is 0 Å². The van der Waals surface area contributed by atoms with Gasteiger partial charge in [-0.15, -0.1) is 0 Å². The van der Waals surface area contributed by atoms with Gasteiger partial charge in [0.15, 0.2) is 10.8 Å². The van der Waals surface area contributed by atoms with Gasteiger partial charge in [-0.1, -0.05) is 11.8 Å². The van der Waals surface area contributed by atoms with Crippen LogP contribution in [0.25, 0.3) is 11.0 Å². The zero-order valence-electron chi connectivity index (χ0n) is 13.4. The fourth-order valence-corrected chi connectivity index (χ4v) is 2.29. The zero-order chi connectivity index (χ0) is 15.8. The summed E-state index contributed by atoms with van der Waals surface area (Å²) in [5, 5.41) is 18.7. The van der Waals surface area contributed by atoms with Crippen molar-refractivity contribution in [3.8, 4) is 0 Å². The van der Waals surface area contributed by atoms with Gasteiger partial charge < -0.3 is 10.4 Å². The first kappa shape index (κ1) is 16.0. The van der Waals surface area contributed by atoms with Crippen LogP contribution >= 0.6 is 11.8 Å². The van der Waals surface area contributed by atoms with Crippen molar-refractivity contribution in [2.45, 2.75) is 50.9 Å². The summed E-state index contributed by atoms with van der Waals surface area (Å²) in [4.78, 5) is 9.11. The van der Waals surface area contributed by atoms with Crippen molar-refractivity contribution in [1.29, 1.82) is 0 Å². The molecule has 0 aliphatic rings. The van der Waals surface area contributed by atoms with Crippen molar-refractivity contribution in [3.63, 3.8) is 0 Å². The summed E-state index contributed by atoms with van der Waals surface area (Å²) in [5.41, 5.74) is 0.189. The molecule has 2 aromatic rings. The van der Waals surface area contributed by atoms with Crippen LogP contribution in [0, 0.1) is 0 Å². The smallest absolute Gasteiger partial charge is 0.191 e. The molecule has 0 radical (unpaired) electrons. The molecule has 0 unspecified atom stereocenters. The van der Waals surface area contributed by atoms with Crippen molar-refractivity contribution in [2.75, 3.05) is 18.2 Å². The molecule has 2 aromatic heterocycles. The highest BCUT2D eigenvalue weighted by Crippen LogP contribution is 2.28. The molecule has 6 nitrogen and oxygen atoms in total. The summed E-state index contributed by atoms with van der Waals surface area (Å²) in [6, 6.07) is 0. The Morgan fingerprint density at radius 2 is 1.90 bits per heavy atom. The highest BCUT2D eigenvalue weighted by Gasteiger charge is 2.23. The molecule has 0 aliphatic heterocycles. The molecule has 0 saturated heterocycles. The Morgan fingerprint density at radius 1 is 1.24 bits per heavy atom. The number of thioether (sulfide) groups is 1.